The van der Waals surface area contributed by atoms with Gasteiger partial charge in [0.2, 0.25) is 5.95 Å². The SMILES string of the molecule is O=C(NC1CONC1=O)c1cnc(N2CCC(c3cc(Cl)c(Cl)c(C(F)(F)F)c3)(C(F)(F)F)C2)nc1. The highest BCUT2D eigenvalue weighted by molar-refractivity contribution is 6.42. The van der Waals surface area contributed by atoms with E-state index in [9.17, 15) is 35.9 Å². The molecule has 3 heterocycles. The first kappa shape index (κ1) is 26.2. The number of carbonyl (C=O) groups is 2. The smallest absolute Gasteiger partial charge is 0.340 e. The van der Waals surface area contributed by atoms with Gasteiger partial charge in [-0.3, -0.25) is 14.4 Å². The average Bonchev–Trinajstić information content (AvgIpc) is 3.42. The standard InChI is InChI=1S/C20H15Cl2F6N5O3/c21-12-4-10(3-11(14(12)22)19(23,24)25)18(20(26,27)28)1-2-33(8-18)17-29-5-9(6-30-17)15(34)31-13-7-36-32-16(13)35/h3-6,13H,1-2,7-8H2,(H,31,34)(H,32,35). The Bertz CT molecular complexity index is 1190. The summed E-state index contributed by atoms with van der Waals surface area (Å²) >= 11 is 11.4. The van der Waals surface area contributed by atoms with Gasteiger partial charge >= 0.3 is 12.4 Å². The molecule has 1 aromatic carbocycles. The van der Waals surface area contributed by atoms with Crippen molar-refractivity contribution in [2.24, 2.45) is 0 Å². The molecular weight excluding hydrogens is 543 g/mol. The summed E-state index contributed by atoms with van der Waals surface area (Å²) in [6, 6.07) is 0.214. The zero-order valence-corrected chi connectivity index (χ0v) is 19.3. The average molecular weight is 558 g/mol. The number of hydrogen-bond donors (Lipinski definition) is 2. The topological polar surface area (TPSA) is 96.5 Å². The van der Waals surface area contributed by atoms with Crippen LogP contribution in [0.5, 0.6) is 0 Å². The minimum absolute atomic E-state index is 0.0703. The molecule has 0 radical (unpaired) electrons. The van der Waals surface area contributed by atoms with Crippen LogP contribution >= 0.6 is 23.2 Å². The second-order valence-electron chi connectivity index (χ2n) is 8.14. The monoisotopic (exact) mass is 557 g/mol. The molecule has 2 fully saturated rings. The van der Waals surface area contributed by atoms with E-state index in [1.54, 1.807) is 0 Å². The normalized spacial score (nSPS) is 22.6. The van der Waals surface area contributed by atoms with Crippen molar-refractivity contribution < 1.29 is 40.8 Å². The fourth-order valence-corrected chi connectivity index (χ4v) is 4.41. The molecule has 194 valence electrons. The highest BCUT2D eigenvalue weighted by Crippen LogP contribution is 2.51. The summed E-state index contributed by atoms with van der Waals surface area (Å²) < 4.78 is 83.2. The molecule has 2 aliphatic heterocycles. The van der Waals surface area contributed by atoms with Gasteiger partial charge in [0, 0.05) is 25.5 Å². The van der Waals surface area contributed by atoms with Gasteiger partial charge in [-0.15, -0.1) is 0 Å². The Kier molecular flexibility index (Phi) is 6.73. The van der Waals surface area contributed by atoms with E-state index >= 15 is 0 Å². The molecule has 2 aliphatic rings. The van der Waals surface area contributed by atoms with E-state index in [4.69, 9.17) is 28.0 Å². The van der Waals surface area contributed by atoms with Crippen LogP contribution in [0.2, 0.25) is 10.0 Å². The maximum absolute atomic E-state index is 14.3. The van der Waals surface area contributed by atoms with Crippen molar-refractivity contribution in [3.63, 3.8) is 0 Å². The lowest BCUT2D eigenvalue weighted by Gasteiger charge is -2.33. The van der Waals surface area contributed by atoms with Crippen LogP contribution in [0.4, 0.5) is 32.3 Å². The van der Waals surface area contributed by atoms with Crippen LogP contribution in [0.1, 0.15) is 27.9 Å². The van der Waals surface area contributed by atoms with Gasteiger partial charge in [0.25, 0.3) is 11.8 Å². The van der Waals surface area contributed by atoms with Crippen molar-refractivity contribution in [1.82, 2.24) is 20.8 Å². The molecular formula is C20H15Cl2F6N5O3. The van der Waals surface area contributed by atoms with Crippen molar-refractivity contribution >= 4 is 41.0 Å². The number of carbonyl (C=O) groups excluding carboxylic acids is 2. The Hall–Kier alpha value is -2.84. The molecule has 2 atom stereocenters. The molecule has 2 aromatic rings. The predicted molar refractivity (Wildman–Crippen MR) is 113 cm³/mol. The van der Waals surface area contributed by atoms with Crippen LogP contribution in [0.15, 0.2) is 24.5 Å². The minimum Gasteiger partial charge on any atom is -0.340 e. The van der Waals surface area contributed by atoms with Gasteiger partial charge in [-0.25, -0.2) is 15.4 Å². The number of hydroxylamine groups is 1. The van der Waals surface area contributed by atoms with Crippen LogP contribution in [-0.2, 0) is 21.2 Å². The minimum atomic E-state index is -5.02. The third-order valence-corrected chi connectivity index (χ3v) is 6.73. The lowest BCUT2D eigenvalue weighted by molar-refractivity contribution is -0.184. The zero-order chi connectivity index (χ0) is 26.5. The summed E-state index contributed by atoms with van der Waals surface area (Å²) in [6.07, 6.45) is -8.47. The molecule has 0 saturated carbocycles. The van der Waals surface area contributed by atoms with E-state index < -0.39 is 69.8 Å². The molecule has 0 bridgehead atoms. The molecule has 2 N–H and O–H groups in total. The number of aromatic nitrogens is 2. The number of anilines is 1. The van der Waals surface area contributed by atoms with Gasteiger partial charge in [-0.05, 0) is 24.1 Å². The number of alkyl halides is 6. The highest BCUT2D eigenvalue weighted by Gasteiger charge is 2.60. The van der Waals surface area contributed by atoms with Gasteiger partial charge in [0.15, 0.2) is 0 Å². The molecule has 8 nitrogen and oxygen atoms in total. The van der Waals surface area contributed by atoms with E-state index in [0.717, 1.165) is 23.4 Å². The number of hydrogen-bond acceptors (Lipinski definition) is 6. The summed E-state index contributed by atoms with van der Waals surface area (Å²) in [6.45, 7) is -1.13. The van der Waals surface area contributed by atoms with Gasteiger partial charge in [-0.2, -0.15) is 26.3 Å². The maximum atomic E-state index is 14.3. The molecule has 2 saturated heterocycles. The van der Waals surface area contributed by atoms with Crippen molar-refractivity contribution in [2.45, 2.75) is 30.2 Å². The molecule has 0 aliphatic carbocycles. The van der Waals surface area contributed by atoms with Crippen LogP contribution in [0, 0.1) is 0 Å². The Morgan fingerprint density at radius 2 is 1.83 bits per heavy atom. The number of benzene rings is 1. The first-order chi connectivity index (χ1) is 16.7. The van der Waals surface area contributed by atoms with Gasteiger partial charge < -0.3 is 10.2 Å². The second kappa shape index (κ2) is 9.23. The van der Waals surface area contributed by atoms with Crippen molar-refractivity contribution in [3.05, 3.63) is 51.3 Å². The number of amides is 2. The largest absolute Gasteiger partial charge is 0.417 e. The summed E-state index contributed by atoms with van der Waals surface area (Å²) in [5.41, 5.74) is -2.88. The first-order valence-corrected chi connectivity index (χ1v) is 10.9. The molecule has 2 unspecified atom stereocenters. The molecule has 36 heavy (non-hydrogen) atoms. The van der Waals surface area contributed by atoms with Crippen LogP contribution in [0.3, 0.4) is 0 Å². The fourth-order valence-electron chi connectivity index (χ4n) is 3.98. The van der Waals surface area contributed by atoms with Crippen molar-refractivity contribution in [3.8, 4) is 0 Å². The fraction of sp³-hybridized carbons (Fsp3) is 0.400. The molecule has 1 aromatic heterocycles. The lowest BCUT2D eigenvalue weighted by atomic mass is 9.78. The number of nitrogens with zero attached hydrogens (tertiary/aromatic N) is 3. The summed E-state index contributed by atoms with van der Waals surface area (Å²) in [5.74, 6) is -1.44. The lowest BCUT2D eigenvalue weighted by Crippen LogP contribution is -2.45. The maximum Gasteiger partial charge on any atom is 0.417 e. The Labute approximate surface area is 208 Å². The van der Waals surface area contributed by atoms with Gasteiger partial charge in [0.1, 0.15) is 18.1 Å². The van der Waals surface area contributed by atoms with E-state index in [-0.39, 0.29) is 24.7 Å². The van der Waals surface area contributed by atoms with Crippen molar-refractivity contribution in [2.75, 3.05) is 24.6 Å². The predicted octanol–water partition coefficient (Wildman–Crippen LogP) is 3.67. The molecule has 4 rings (SSSR count). The van der Waals surface area contributed by atoms with Crippen LogP contribution in [-0.4, -0.2) is 53.7 Å². The highest BCUT2D eigenvalue weighted by atomic mass is 35.5. The summed E-state index contributed by atoms with van der Waals surface area (Å²) in [7, 11) is 0. The Morgan fingerprint density at radius 1 is 1.17 bits per heavy atom. The number of halogens is 8. The van der Waals surface area contributed by atoms with E-state index in [2.05, 4.69) is 20.8 Å². The van der Waals surface area contributed by atoms with Gasteiger partial charge in [0.05, 0.1) is 21.2 Å². The second-order valence-corrected chi connectivity index (χ2v) is 8.93. The zero-order valence-electron chi connectivity index (χ0n) is 17.8. The van der Waals surface area contributed by atoms with E-state index in [0.29, 0.717) is 6.07 Å². The van der Waals surface area contributed by atoms with Crippen LogP contribution in [0.25, 0.3) is 0 Å². The molecule has 2 amide bonds. The first-order valence-electron chi connectivity index (χ1n) is 10.2. The molecule has 16 heteroatoms. The summed E-state index contributed by atoms with van der Waals surface area (Å²) in [4.78, 5) is 37.5. The van der Waals surface area contributed by atoms with E-state index in [1.807, 2.05) is 0 Å². The Balaban J connectivity index is 1.60. The van der Waals surface area contributed by atoms with E-state index in [1.165, 1.54) is 0 Å². The molecule has 0 spiro atoms. The quantitative estimate of drug-likeness (QED) is 0.557. The number of rotatable bonds is 4. The Morgan fingerprint density at radius 3 is 2.39 bits per heavy atom. The summed E-state index contributed by atoms with van der Waals surface area (Å²) in [5, 5.41) is 0.836. The third kappa shape index (κ3) is 4.76. The van der Waals surface area contributed by atoms with Crippen LogP contribution < -0.4 is 15.7 Å². The van der Waals surface area contributed by atoms with Gasteiger partial charge in [-0.1, -0.05) is 23.2 Å². The third-order valence-electron chi connectivity index (χ3n) is 5.93. The number of nitrogens with one attached hydrogen (secondary N) is 2. The van der Waals surface area contributed by atoms with Crippen molar-refractivity contribution in [1.29, 1.82) is 0 Å².